The summed E-state index contributed by atoms with van der Waals surface area (Å²) in [6.45, 7) is 1.66. The molecule has 154 valence electrons. The molecule has 8 nitrogen and oxygen atoms in total. The molecule has 2 aromatic carbocycles. The number of anilines is 1. The Morgan fingerprint density at radius 3 is 2.57 bits per heavy atom. The molecule has 2 heterocycles. The van der Waals surface area contributed by atoms with Gasteiger partial charge >= 0.3 is 0 Å². The molecular formula is C20H18F2N6O2. The predicted molar refractivity (Wildman–Crippen MR) is 103 cm³/mol. The van der Waals surface area contributed by atoms with E-state index >= 15 is 0 Å². The SMILES string of the molecule is CC(c1ccc(-c2nc(N)no2)cc1)C(O)(Cn1cncn1)c1ccc(F)cc1F. The molecule has 4 aromatic rings. The van der Waals surface area contributed by atoms with Crippen LogP contribution in [-0.4, -0.2) is 30.0 Å². The van der Waals surface area contributed by atoms with Gasteiger partial charge in [-0.3, -0.25) is 0 Å². The standard InChI is InChI=1S/C20H18F2N6O2/c1-12(13-2-4-14(5-3-13)18-26-19(23)27-30-18)20(29,9-28-11-24-10-25-28)16-7-6-15(21)8-17(16)22/h2-8,10-12,29H,9H2,1H3,(H2,23,27). The van der Waals surface area contributed by atoms with Crippen LogP contribution in [0.25, 0.3) is 11.5 Å². The summed E-state index contributed by atoms with van der Waals surface area (Å²) in [4.78, 5) is 7.84. The summed E-state index contributed by atoms with van der Waals surface area (Å²) >= 11 is 0. The maximum absolute atomic E-state index is 14.7. The minimum atomic E-state index is -1.73. The van der Waals surface area contributed by atoms with Crippen LogP contribution in [0.1, 0.15) is 24.0 Å². The summed E-state index contributed by atoms with van der Waals surface area (Å²) in [6.07, 6.45) is 2.74. The number of aliphatic hydroxyl groups is 1. The van der Waals surface area contributed by atoms with Gasteiger partial charge in [-0.25, -0.2) is 18.4 Å². The van der Waals surface area contributed by atoms with Crippen molar-refractivity contribution in [2.24, 2.45) is 0 Å². The van der Waals surface area contributed by atoms with E-state index in [-0.39, 0.29) is 23.9 Å². The molecule has 0 saturated heterocycles. The first kappa shape index (κ1) is 19.6. The van der Waals surface area contributed by atoms with Crippen molar-refractivity contribution in [3.8, 4) is 11.5 Å². The lowest BCUT2D eigenvalue weighted by molar-refractivity contribution is -0.0112. The number of hydrogen-bond donors (Lipinski definition) is 2. The summed E-state index contributed by atoms with van der Waals surface area (Å²) < 4.78 is 34.6. The molecule has 0 saturated carbocycles. The van der Waals surface area contributed by atoms with E-state index in [0.717, 1.165) is 12.1 Å². The molecule has 0 radical (unpaired) electrons. The number of aromatic nitrogens is 5. The largest absolute Gasteiger partial charge is 0.382 e. The van der Waals surface area contributed by atoms with Gasteiger partial charge in [0.25, 0.3) is 11.8 Å². The van der Waals surface area contributed by atoms with Crippen molar-refractivity contribution in [3.63, 3.8) is 0 Å². The zero-order valence-electron chi connectivity index (χ0n) is 15.9. The van der Waals surface area contributed by atoms with Crippen LogP contribution in [0.2, 0.25) is 0 Å². The smallest absolute Gasteiger partial charge is 0.261 e. The molecule has 4 rings (SSSR count). The number of nitrogens with two attached hydrogens (primary N) is 1. The average Bonchev–Trinajstić information content (AvgIpc) is 3.39. The Kier molecular flexibility index (Phi) is 5.00. The monoisotopic (exact) mass is 412 g/mol. The molecule has 10 heteroatoms. The first-order valence-corrected chi connectivity index (χ1v) is 9.06. The normalized spacial score (nSPS) is 14.4. The molecule has 0 bridgehead atoms. The second kappa shape index (κ2) is 7.64. The van der Waals surface area contributed by atoms with Gasteiger partial charge in [0.15, 0.2) is 0 Å². The van der Waals surface area contributed by atoms with E-state index < -0.39 is 23.2 Å². The van der Waals surface area contributed by atoms with E-state index in [1.165, 1.54) is 23.4 Å². The molecule has 0 aliphatic heterocycles. The Bertz CT molecular complexity index is 1150. The zero-order valence-corrected chi connectivity index (χ0v) is 15.9. The lowest BCUT2D eigenvalue weighted by atomic mass is 9.78. The number of benzene rings is 2. The van der Waals surface area contributed by atoms with Gasteiger partial charge in [0.05, 0.1) is 6.54 Å². The van der Waals surface area contributed by atoms with E-state index in [0.29, 0.717) is 11.1 Å². The second-order valence-electron chi connectivity index (χ2n) is 6.94. The van der Waals surface area contributed by atoms with Crippen molar-refractivity contribution >= 4 is 5.95 Å². The van der Waals surface area contributed by atoms with Crippen molar-refractivity contribution in [3.05, 3.63) is 77.9 Å². The third-order valence-electron chi connectivity index (χ3n) is 5.08. The Morgan fingerprint density at radius 2 is 1.97 bits per heavy atom. The molecule has 2 unspecified atom stereocenters. The highest BCUT2D eigenvalue weighted by Gasteiger charge is 2.40. The summed E-state index contributed by atoms with van der Waals surface area (Å²) in [5, 5.41) is 19.2. The van der Waals surface area contributed by atoms with Gasteiger partial charge in [-0.05, 0) is 28.9 Å². The molecule has 0 aliphatic carbocycles. The van der Waals surface area contributed by atoms with E-state index in [1.807, 2.05) is 0 Å². The molecule has 3 N–H and O–H groups in total. The Balaban J connectivity index is 1.72. The maximum atomic E-state index is 14.7. The Hall–Kier alpha value is -3.66. The summed E-state index contributed by atoms with van der Waals surface area (Å²) in [7, 11) is 0. The highest BCUT2D eigenvalue weighted by Crippen LogP contribution is 2.40. The zero-order chi connectivity index (χ0) is 21.3. The Labute approximate surface area is 170 Å². The van der Waals surface area contributed by atoms with Gasteiger partial charge in [-0.15, -0.1) is 0 Å². The average molecular weight is 412 g/mol. The fraction of sp³-hybridized carbons (Fsp3) is 0.200. The third-order valence-corrected chi connectivity index (χ3v) is 5.08. The van der Waals surface area contributed by atoms with Crippen molar-refractivity contribution in [1.29, 1.82) is 0 Å². The third kappa shape index (κ3) is 3.64. The highest BCUT2D eigenvalue weighted by molar-refractivity contribution is 5.54. The van der Waals surface area contributed by atoms with Gasteiger partial charge in [0, 0.05) is 23.1 Å². The molecular weight excluding hydrogens is 394 g/mol. The van der Waals surface area contributed by atoms with Crippen molar-refractivity contribution in [1.82, 2.24) is 24.9 Å². The Morgan fingerprint density at radius 1 is 1.20 bits per heavy atom. The van der Waals surface area contributed by atoms with E-state index in [4.69, 9.17) is 10.3 Å². The van der Waals surface area contributed by atoms with Crippen LogP contribution in [0.5, 0.6) is 0 Å². The fourth-order valence-corrected chi connectivity index (χ4v) is 3.40. The molecule has 2 aromatic heterocycles. The molecule has 0 amide bonds. The number of nitrogen functional groups attached to an aromatic ring is 1. The van der Waals surface area contributed by atoms with Gasteiger partial charge in [-0.2, -0.15) is 10.1 Å². The molecule has 30 heavy (non-hydrogen) atoms. The van der Waals surface area contributed by atoms with Crippen LogP contribution in [0.4, 0.5) is 14.7 Å². The van der Waals surface area contributed by atoms with Gasteiger partial charge in [0.1, 0.15) is 29.9 Å². The summed E-state index contributed by atoms with van der Waals surface area (Å²) in [6, 6.07) is 10.1. The molecule has 0 fully saturated rings. The molecule has 0 spiro atoms. The number of halogens is 2. The molecule has 0 aliphatic rings. The first-order valence-electron chi connectivity index (χ1n) is 9.06. The summed E-state index contributed by atoms with van der Waals surface area (Å²) in [5.74, 6) is -1.88. The lowest BCUT2D eigenvalue weighted by Gasteiger charge is -2.35. The molecule has 2 atom stereocenters. The maximum Gasteiger partial charge on any atom is 0.261 e. The number of rotatable bonds is 6. The fourth-order valence-electron chi connectivity index (χ4n) is 3.40. The number of nitrogens with zero attached hydrogens (tertiary/aromatic N) is 5. The minimum absolute atomic E-state index is 0.0245. The van der Waals surface area contributed by atoms with E-state index in [9.17, 15) is 13.9 Å². The van der Waals surface area contributed by atoms with E-state index in [1.54, 1.807) is 31.2 Å². The summed E-state index contributed by atoms with van der Waals surface area (Å²) in [5.41, 5.74) is 5.05. The van der Waals surface area contributed by atoms with Crippen LogP contribution in [0.3, 0.4) is 0 Å². The van der Waals surface area contributed by atoms with Gasteiger partial charge in [0.2, 0.25) is 0 Å². The van der Waals surface area contributed by atoms with Crippen LogP contribution in [0.15, 0.2) is 59.6 Å². The van der Waals surface area contributed by atoms with Gasteiger partial charge in [-0.1, -0.05) is 25.1 Å². The lowest BCUT2D eigenvalue weighted by Crippen LogP contribution is -2.38. The quantitative estimate of drug-likeness (QED) is 0.500. The number of hydrogen-bond acceptors (Lipinski definition) is 7. The van der Waals surface area contributed by atoms with Crippen molar-refractivity contribution in [2.75, 3.05) is 5.73 Å². The van der Waals surface area contributed by atoms with Crippen LogP contribution in [0, 0.1) is 11.6 Å². The highest BCUT2D eigenvalue weighted by atomic mass is 19.1. The minimum Gasteiger partial charge on any atom is -0.382 e. The first-order chi connectivity index (χ1) is 14.4. The van der Waals surface area contributed by atoms with Crippen molar-refractivity contribution in [2.45, 2.75) is 25.0 Å². The van der Waals surface area contributed by atoms with E-state index in [2.05, 4.69) is 20.2 Å². The van der Waals surface area contributed by atoms with Gasteiger partial charge < -0.3 is 15.4 Å². The van der Waals surface area contributed by atoms with Crippen LogP contribution >= 0.6 is 0 Å². The van der Waals surface area contributed by atoms with Crippen LogP contribution < -0.4 is 5.73 Å². The van der Waals surface area contributed by atoms with Crippen molar-refractivity contribution < 1.29 is 18.4 Å². The topological polar surface area (TPSA) is 116 Å². The van der Waals surface area contributed by atoms with Crippen LogP contribution in [-0.2, 0) is 12.1 Å². The predicted octanol–water partition coefficient (Wildman–Crippen LogP) is 2.88. The second-order valence-corrected chi connectivity index (χ2v) is 6.94.